The molecule has 10 heteroatoms. The molecular formula is C16H13Cl2F2N5O. The number of anilines is 1. The highest BCUT2D eigenvalue weighted by molar-refractivity contribution is 6.36. The number of hydrogen-bond donors (Lipinski definition) is 1. The van der Waals surface area contributed by atoms with E-state index in [1.807, 2.05) is 0 Å². The maximum absolute atomic E-state index is 13.3. The van der Waals surface area contributed by atoms with Gasteiger partial charge in [-0.2, -0.15) is 5.10 Å². The topological polar surface area (TPSA) is 72.7 Å². The number of amides is 1. The number of alkyl halides is 2. The van der Waals surface area contributed by atoms with Crippen LogP contribution in [0.3, 0.4) is 0 Å². The smallest absolute Gasteiger partial charge is 0.264 e. The van der Waals surface area contributed by atoms with Gasteiger partial charge in [-0.15, -0.1) is 0 Å². The molecule has 1 N–H and O–H groups in total. The molecular weight excluding hydrogens is 387 g/mol. The number of aromatic nitrogens is 4. The molecule has 0 aromatic carbocycles. The third-order valence-electron chi connectivity index (χ3n) is 3.63. The number of hydrogen-bond acceptors (Lipinski definition) is 4. The summed E-state index contributed by atoms with van der Waals surface area (Å²) < 4.78 is 27.9. The van der Waals surface area contributed by atoms with E-state index in [1.54, 1.807) is 13.8 Å². The Hall–Kier alpha value is -2.32. The predicted octanol–water partition coefficient (Wildman–Crippen LogP) is 4.33. The molecule has 0 aliphatic rings. The summed E-state index contributed by atoms with van der Waals surface area (Å²) in [6.07, 6.45) is -1.32. The number of nitrogens with one attached hydrogen (secondary N) is 1. The van der Waals surface area contributed by atoms with Crippen LogP contribution in [0.5, 0.6) is 0 Å². The molecule has 136 valence electrons. The molecule has 0 fully saturated rings. The Bertz CT molecular complexity index is 1010. The van der Waals surface area contributed by atoms with Crippen molar-refractivity contribution in [3.63, 3.8) is 0 Å². The van der Waals surface area contributed by atoms with E-state index in [4.69, 9.17) is 23.2 Å². The van der Waals surface area contributed by atoms with Crippen LogP contribution < -0.4 is 5.32 Å². The van der Waals surface area contributed by atoms with E-state index in [0.29, 0.717) is 16.4 Å². The fourth-order valence-electron chi connectivity index (χ4n) is 2.61. The van der Waals surface area contributed by atoms with Gasteiger partial charge >= 0.3 is 0 Å². The largest absolute Gasteiger partial charge is 0.308 e. The lowest BCUT2D eigenvalue weighted by atomic mass is 10.1. The number of fused-ring (bicyclic) bond motifs is 1. The van der Waals surface area contributed by atoms with Gasteiger partial charge in [0.1, 0.15) is 6.54 Å². The Morgan fingerprint density at radius 3 is 2.69 bits per heavy atom. The Labute approximate surface area is 157 Å². The van der Waals surface area contributed by atoms with E-state index in [2.05, 4.69) is 20.4 Å². The third kappa shape index (κ3) is 3.61. The zero-order valence-electron chi connectivity index (χ0n) is 13.7. The van der Waals surface area contributed by atoms with Crippen molar-refractivity contribution in [2.75, 3.05) is 5.32 Å². The lowest BCUT2D eigenvalue weighted by Crippen LogP contribution is -2.20. The van der Waals surface area contributed by atoms with E-state index in [1.165, 1.54) is 23.0 Å². The second-order valence-electron chi connectivity index (χ2n) is 5.63. The minimum Gasteiger partial charge on any atom is -0.308 e. The van der Waals surface area contributed by atoms with Crippen LogP contribution in [-0.2, 0) is 11.3 Å². The molecule has 3 aromatic heterocycles. The first-order valence-electron chi connectivity index (χ1n) is 7.50. The SMILES string of the molecule is Cc1cc(C(F)F)c2c(C)nn(CC(=O)Nc3ncc(Cl)cc3Cl)c2n1. The lowest BCUT2D eigenvalue weighted by Gasteiger charge is -2.08. The predicted molar refractivity (Wildman–Crippen MR) is 94.8 cm³/mol. The number of nitrogens with zero attached hydrogens (tertiary/aromatic N) is 4. The molecule has 3 aromatic rings. The van der Waals surface area contributed by atoms with Crippen molar-refractivity contribution >= 4 is 46.0 Å². The van der Waals surface area contributed by atoms with Crippen LogP contribution in [0.4, 0.5) is 14.6 Å². The second kappa shape index (κ2) is 7.13. The molecule has 0 aliphatic carbocycles. The summed E-state index contributed by atoms with van der Waals surface area (Å²) in [6, 6.07) is 2.77. The van der Waals surface area contributed by atoms with E-state index in [9.17, 15) is 13.6 Å². The molecule has 0 saturated heterocycles. The highest BCUT2D eigenvalue weighted by Crippen LogP contribution is 2.30. The monoisotopic (exact) mass is 399 g/mol. The zero-order valence-corrected chi connectivity index (χ0v) is 15.2. The van der Waals surface area contributed by atoms with Gasteiger partial charge in [-0.3, -0.25) is 4.79 Å². The molecule has 3 rings (SSSR count). The van der Waals surface area contributed by atoms with Gasteiger partial charge in [0.05, 0.1) is 21.1 Å². The first-order chi connectivity index (χ1) is 12.3. The normalized spacial score (nSPS) is 11.3. The molecule has 0 unspecified atom stereocenters. The van der Waals surface area contributed by atoms with Gasteiger partial charge in [0.15, 0.2) is 11.5 Å². The molecule has 1 amide bonds. The van der Waals surface area contributed by atoms with Gasteiger partial charge in [0.25, 0.3) is 6.43 Å². The lowest BCUT2D eigenvalue weighted by molar-refractivity contribution is -0.116. The van der Waals surface area contributed by atoms with Crippen LogP contribution in [0.2, 0.25) is 10.0 Å². The molecule has 0 atom stereocenters. The Morgan fingerprint density at radius 2 is 2.04 bits per heavy atom. The summed E-state index contributed by atoms with van der Waals surface area (Å²) in [6.45, 7) is 2.97. The van der Waals surface area contributed by atoms with Gasteiger partial charge in [-0.05, 0) is 26.0 Å². The van der Waals surface area contributed by atoms with Crippen LogP contribution in [-0.4, -0.2) is 25.7 Å². The van der Waals surface area contributed by atoms with Crippen molar-refractivity contribution in [3.8, 4) is 0 Å². The first-order valence-corrected chi connectivity index (χ1v) is 8.25. The number of carbonyl (C=O) groups excluding carboxylic acids is 1. The standard InChI is InChI=1S/C16H13Cl2F2N5O/c1-7-3-10(14(19)20)13-8(2)24-25(16(13)22-7)6-12(26)23-15-11(18)4-9(17)5-21-15/h3-5,14H,6H2,1-2H3,(H,21,23,26). The maximum atomic E-state index is 13.3. The van der Waals surface area contributed by atoms with E-state index < -0.39 is 12.3 Å². The van der Waals surface area contributed by atoms with Crippen LogP contribution in [0.15, 0.2) is 18.3 Å². The first kappa shape index (κ1) is 18.5. The van der Waals surface area contributed by atoms with Crippen LogP contribution in [0, 0.1) is 13.8 Å². The van der Waals surface area contributed by atoms with Crippen molar-refractivity contribution in [1.29, 1.82) is 0 Å². The van der Waals surface area contributed by atoms with Crippen molar-refractivity contribution < 1.29 is 13.6 Å². The summed E-state index contributed by atoms with van der Waals surface area (Å²) in [4.78, 5) is 20.5. The summed E-state index contributed by atoms with van der Waals surface area (Å²) in [5.74, 6) is -0.334. The molecule has 0 saturated carbocycles. The molecule has 0 aliphatic heterocycles. The number of aryl methyl sites for hydroxylation is 2. The van der Waals surface area contributed by atoms with Crippen molar-refractivity contribution in [3.05, 3.63) is 45.3 Å². The molecule has 3 heterocycles. The summed E-state index contributed by atoms with van der Waals surface area (Å²) >= 11 is 11.7. The number of rotatable bonds is 4. The number of carbonyl (C=O) groups is 1. The van der Waals surface area contributed by atoms with Crippen molar-refractivity contribution in [2.24, 2.45) is 0 Å². The van der Waals surface area contributed by atoms with E-state index >= 15 is 0 Å². The molecule has 26 heavy (non-hydrogen) atoms. The van der Waals surface area contributed by atoms with Gasteiger partial charge in [-0.25, -0.2) is 23.4 Å². The van der Waals surface area contributed by atoms with Crippen LogP contribution in [0.25, 0.3) is 11.0 Å². The number of halogens is 4. The summed E-state index contributed by atoms with van der Waals surface area (Å²) in [5.41, 5.74) is 0.859. The van der Waals surface area contributed by atoms with E-state index in [0.717, 1.165) is 0 Å². The van der Waals surface area contributed by atoms with Gasteiger partial charge in [0.2, 0.25) is 5.91 Å². The number of pyridine rings is 2. The average Bonchev–Trinajstić information content (AvgIpc) is 2.85. The molecule has 0 bridgehead atoms. The summed E-state index contributed by atoms with van der Waals surface area (Å²) in [7, 11) is 0. The van der Waals surface area contributed by atoms with Gasteiger partial charge in [0, 0.05) is 17.5 Å². The highest BCUT2D eigenvalue weighted by atomic mass is 35.5. The van der Waals surface area contributed by atoms with Crippen molar-refractivity contribution in [1.82, 2.24) is 19.7 Å². The Kier molecular flexibility index (Phi) is 5.06. The highest BCUT2D eigenvalue weighted by Gasteiger charge is 2.21. The quantitative estimate of drug-likeness (QED) is 0.708. The van der Waals surface area contributed by atoms with Gasteiger partial charge < -0.3 is 5.32 Å². The molecule has 0 spiro atoms. The maximum Gasteiger partial charge on any atom is 0.264 e. The minimum absolute atomic E-state index is 0.145. The molecule has 0 radical (unpaired) electrons. The fourth-order valence-corrected chi connectivity index (χ4v) is 3.04. The fraction of sp³-hybridized carbons (Fsp3) is 0.250. The van der Waals surface area contributed by atoms with Crippen LogP contribution >= 0.6 is 23.2 Å². The Morgan fingerprint density at radius 1 is 1.31 bits per heavy atom. The summed E-state index contributed by atoms with van der Waals surface area (Å²) in [5, 5.41) is 7.48. The van der Waals surface area contributed by atoms with Gasteiger partial charge in [-0.1, -0.05) is 23.2 Å². The van der Waals surface area contributed by atoms with E-state index in [-0.39, 0.29) is 34.0 Å². The van der Waals surface area contributed by atoms with Crippen molar-refractivity contribution in [2.45, 2.75) is 26.8 Å². The Balaban J connectivity index is 1.92. The second-order valence-corrected chi connectivity index (χ2v) is 6.47. The zero-order chi connectivity index (χ0) is 19.0. The van der Waals surface area contributed by atoms with Crippen LogP contribution in [0.1, 0.15) is 23.4 Å². The minimum atomic E-state index is -2.67. The third-order valence-corrected chi connectivity index (χ3v) is 4.12. The average molecular weight is 400 g/mol. The molecule has 6 nitrogen and oxygen atoms in total.